The van der Waals surface area contributed by atoms with Gasteiger partial charge in [-0.3, -0.25) is 15.6 Å². The molecule has 0 fully saturated rings. The number of hydrogen-bond donors (Lipinski definition) is 3. The normalized spacial score (nSPS) is 10.3. The van der Waals surface area contributed by atoms with Crippen molar-refractivity contribution in [2.75, 3.05) is 0 Å². The second kappa shape index (κ2) is 9.20. The van der Waals surface area contributed by atoms with Gasteiger partial charge < -0.3 is 5.32 Å². The van der Waals surface area contributed by atoms with E-state index in [1.807, 2.05) is 30.3 Å². The predicted octanol–water partition coefficient (Wildman–Crippen LogP) is 3.18. The molecule has 2 aromatic carbocycles. The number of halogens is 1. The Balaban J connectivity index is 1.44. The standard InChI is InChI=1S/C19H17FN4OS2/c20-15-8-6-14(7-9-15)11-21-19(26)24-23-18(25)16-12-27-17(22-16)10-13-4-2-1-3-5-13/h1-9,12H,10-11H2,(H,23,25)(H2,21,24,26). The highest BCUT2D eigenvalue weighted by molar-refractivity contribution is 7.80. The number of aromatic nitrogens is 1. The van der Waals surface area contributed by atoms with Gasteiger partial charge in [0.05, 0.1) is 5.01 Å². The van der Waals surface area contributed by atoms with Gasteiger partial charge in [0.1, 0.15) is 11.5 Å². The summed E-state index contributed by atoms with van der Waals surface area (Å²) in [5.74, 6) is -0.655. The monoisotopic (exact) mass is 400 g/mol. The molecule has 0 aliphatic rings. The minimum atomic E-state index is -0.364. The first kappa shape index (κ1) is 18.9. The molecule has 0 saturated carbocycles. The molecule has 0 unspecified atom stereocenters. The Bertz CT molecular complexity index is 913. The lowest BCUT2D eigenvalue weighted by atomic mass is 10.2. The van der Waals surface area contributed by atoms with E-state index in [2.05, 4.69) is 21.2 Å². The van der Waals surface area contributed by atoms with Gasteiger partial charge in [0.25, 0.3) is 5.91 Å². The SMILES string of the molecule is O=C(NNC(=S)NCc1ccc(F)cc1)c1csc(Cc2ccccc2)n1. The topological polar surface area (TPSA) is 66.1 Å². The number of thiazole rings is 1. The minimum absolute atomic E-state index is 0.257. The molecule has 0 bridgehead atoms. The summed E-state index contributed by atoms with van der Waals surface area (Å²) in [5, 5.41) is 5.76. The Kier molecular flexibility index (Phi) is 6.45. The summed E-state index contributed by atoms with van der Waals surface area (Å²) in [6.45, 7) is 0.417. The van der Waals surface area contributed by atoms with E-state index in [1.165, 1.54) is 23.5 Å². The van der Waals surface area contributed by atoms with E-state index in [0.717, 1.165) is 16.1 Å². The average molecular weight is 401 g/mol. The number of carbonyl (C=O) groups is 1. The van der Waals surface area contributed by atoms with Crippen molar-refractivity contribution >= 4 is 34.6 Å². The van der Waals surface area contributed by atoms with Gasteiger partial charge in [-0.1, -0.05) is 42.5 Å². The Hall–Kier alpha value is -2.84. The van der Waals surface area contributed by atoms with Crippen molar-refractivity contribution in [3.8, 4) is 0 Å². The molecule has 1 amide bonds. The molecule has 138 valence electrons. The van der Waals surface area contributed by atoms with Crippen molar-refractivity contribution in [3.63, 3.8) is 0 Å². The molecule has 0 spiro atoms. The van der Waals surface area contributed by atoms with Crippen LogP contribution >= 0.6 is 23.6 Å². The first-order chi connectivity index (χ1) is 13.1. The van der Waals surface area contributed by atoms with E-state index >= 15 is 0 Å². The third-order valence-corrected chi connectivity index (χ3v) is 4.73. The zero-order valence-corrected chi connectivity index (χ0v) is 15.9. The van der Waals surface area contributed by atoms with Crippen LogP contribution in [0.2, 0.25) is 0 Å². The third kappa shape index (κ3) is 5.83. The molecule has 1 aromatic heterocycles. The third-order valence-electron chi connectivity index (χ3n) is 3.64. The largest absolute Gasteiger partial charge is 0.357 e. The Morgan fingerprint density at radius 3 is 2.52 bits per heavy atom. The van der Waals surface area contributed by atoms with Crippen LogP contribution in [-0.4, -0.2) is 16.0 Å². The number of amides is 1. The van der Waals surface area contributed by atoms with Crippen LogP contribution in [-0.2, 0) is 13.0 Å². The van der Waals surface area contributed by atoms with Gasteiger partial charge in [0, 0.05) is 18.3 Å². The molecule has 0 saturated heterocycles. The molecule has 27 heavy (non-hydrogen) atoms. The molecular formula is C19H17FN4OS2. The number of hydrogen-bond acceptors (Lipinski definition) is 4. The lowest BCUT2D eigenvalue weighted by Crippen LogP contribution is -2.46. The molecule has 3 N–H and O–H groups in total. The van der Waals surface area contributed by atoms with E-state index in [1.54, 1.807) is 17.5 Å². The van der Waals surface area contributed by atoms with E-state index in [4.69, 9.17) is 12.2 Å². The highest BCUT2D eigenvalue weighted by Crippen LogP contribution is 2.14. The first-order valence-corrected chi connectivity index (χ1v) is 9.46. The summed E-state index contributed by atoms with van der Waals surface area (Å²) >= 11 is 6.55. The number of thiocarbonyl (C=S) groups is 1. The summed E-state index contributed by atoms with van der Waals surface area (Å²) in [5.41, 5.74) is 7.49. The quantitative estimate of drug-likeness (QED) is 0.453. The summed E-state index contributed by atoms with van der Waals surface area (Å²) in [6, 6.07) is 16.0. The van der Waals surface area contributed by atoms with E-state index in [-0.39, 0.29) is 16.8 Å². The van der Waals surface area contributed by atoms with Crippen LogP contribution in [0.4, 0.5) is 4.39 Å². The van der Waals surface area contributed by atoms with E-state index in [0.29, 0.717) is 18.7 Å². The predicted molar refractivity (Wildman–Crippen MR) is 108 cm³/mol. The zero-order valence-electron chi connectivity index (χ0n) is 14.2. The van der Waals surface area contributed by atoms with Crippen LogP contribution in [0.3, 0.4) is 0 Å². The number of benzene rings is 2. The van der Waals surface area contributed by atoms with Crippen molar-refractivity contribution in [1.82, 2.24) is 21.2 Å². The van der Waals surface area contributed by atoms with E-state index in [9.17, 15) is 9.18 Å². The Morgan fingerprint density at radius 1 is 1.04 bits per heavy atom. The molecule has 3 aromatic rings. The van der Waals surface area contributed by atoms with Gasteiger partial charge in [-0.05, 0) is 35.5 Å². The first-order valence-electron chi connectivity index (χ1n) is 8.17. The maximum Gasteiger partial charge on any atom is 0.289 e. The van der Waals surface area contributed by atoms with Crippen LogP contribution in [0, 0.1) is 5.82 Å². The second-order valence-corrected chi connectivity index (χ2v) is 7.03. The van der Waals surface area contributed by atoms with Crippen molar-refractivity contribution in [3.05, 3.63) is 87.6 Å². The number of carbonyl (C=O) groups excluding carboxylic acids is 1. The Morgan fingerprint density at radius 2 is 1.78 bits per heavy atom. The summed E-state index contributed by atoms with van der Waals surface area (Å²) in [6.07, 6.45) is 0.684. The van der Waals surface area contributed by atoms with Crippen LogP contribution in [0.15, 0.2) is 60.0 Å². The van der Waals surface area contributed by atoms with E-state index < -0.39 is 0 Å². The summed E-state index contributed by atoms with van der Waals surface area (Å²) < 4.78 is 12.9. The summed E-state index contributed by atoms with van der Waals surface area (Å²) in [7, 11) is 0. The molecule has 8 heteroatoms. The van der Waals surface area contributed by atoms with Gasteiger partial charge >= 0.3 is 0 Å². The van der Waals surface area contributed by atoms with Crippen LogP contribution in [0.5, 0.6) is 0 Å². The van der Waals surface area contributed by atoms with Crippen LogP contribution in [0.25, 0.3) is 0 Å². The van der Waals surface area contributed by atoms with Crippen molar-refractivity contribution in [2.24, 2.45) is 0 Å². The van der Waals surface area contributed by atoms with Gasteiger partial charge in [-0.15, -0.1) is 11.3 Å². The second-order valence-electron chi connectivity index (χ2n) is 5.68. The maximum atomic E-state index is 12.9. The van der Waals surface area contributed by atoms with Crippen molar-refractivity contribution < 1.29 is 9.18 Å². The van der Waals surface area contributed by atoms with Crippen LogP contribution in [0.1, 0.15) is 26.6 Å². The highest BCUT2D eigenvalue weighted by atomic mass is 32.1. The van der Waals surface area contributed by atoms with Gasteiger partial charge in [0.15, 0.2) is 5.11 Å². The smallest absolute Gasteiger partial charge is 0.289 e. The molecule has 3 rings (SSSR count). The fourth-order valence-corrected chi connectivity index (χ4v) is 3.20. The van der Waals surface area contributed by atoms with Crippen LogP contribution < -0.4 is 16.2 Å². The molecule has 0 aliphatic carbocycles. The lowest BCUT2D eigenvalue weighted by Gasteiger charge is -2.10. The number of nitrogens with one attached hydrogen (secondary N) is 3. The lowest BCUT2D eigenvalue weighted by molar-refractivity contribution is 0.0939. The molecule has 5 nitrogen and oxygen atoms in total. The molecular weight excluding hydrogens is 383 g/mol. The Labute approximate surface area is 165 Å². The van der Waals surface area contributed by atoms with Crippen molar-refractivity contribution in [2.45, 2.75) is 13.0 Å². The fraction of sp³-hybridized carbons (Fsp3) is 0.105. The molecule has 0 atom stereocenters. The minimum Gasteiger partial charge on any atom is -0.357 e. The van der Waals surface area contributed by atoms with Gasteiger partial charge in [-0.25, -0.2) is 9.37 Å². The van der Waals surface area contributed by atoms with Gasteiger partial charge in [-0.2, -0.15) is 0 Å². The average Bonchev–Trinajstić information content (AvgIpc) is 3.15. The number of rotatable bonds is 5. The molecule has 0 radical (unpaired) electrons. The number of hydrazine groups is 1. The number of nitrogens with zero attached hydrogens (tertiary/aromatic N) is 1. The fourth-order valence-electron chi connectivity index (χ4n) is 2.27. The highest BCUT2D eigenvalue weighted by Gasteiger charge is 2.11. The maximum absolute atomic E-state index is 12.9. The van der Waals surface area contributed by atoms with Crippen molar-refractivity contribution in [1.29, 1.82) is 0 Å². The molecule has 1 heterocycles. The molecule has 0 aliphatic heterocycles. The zero-order chi connectivity index (χ0) is 19.1. The summed E-state index contributed by atoms with van der Waals surface area (Å²) in [4.78, 5) is 16.5. The van der Waals surface area contributed by atoms with Gasteiger partial charge in [0.2, 0.25) is 0 Å².